The van der Waals surface area contributed by atoms with Crippen molar-refractivity contribution in [2.75, 3.05) is 13.2 Å². The minimum atomic E-state index is -1.75. The molecule has 0 saturated carbocycles. The molecule has 2 aliphatic rings. The number of aliphatic hydroxyl groups excluding tert-OH is 5. The third-order valence-corrected chi connectivity index (χ3v) is 7.25. The van der Waals surface area contributed by atoms with E-state index in [1.165, 1.54) is 43.3 Å². The van der Waals surface area contributed by atoms with Gasteiger partial charge in [-0.3, -0.25) is 0 Å². The number of carbonyl (C=O) groups excluding carboxylic acids is 1. The number of benzene rings is 2. The Labute approximate surface area is 251 Å². The maximum atomic E-state index is 12.7. The third-order valence-electron chi connectivity index (χ3n) is 7.25. The number of carbonyl (C=O) groups is 1. The van der Waals surface area contributed by atoms with Gasteiger partial charge in [0.2, 0.25) is 0 Å². The van der Waals surface area contributed by atoms with Crippen molar-refractivity contribution in [1.29, 1.82) is 0 Å². The van der Waals surface area contributed by atoms with E-state index in [0.717, 1.165) is 6.08 Å². The molecule has 4 rings (SSSR count). The highest BCUT2D eigenvalue weighted by atomic mass is 16.7. The quantitative estimate of drug-likeness (QED) is 0.0873. The molecule has 0 bridgehead atoms. The van der Waals surface area contributed by atoms with Crippen molar-refractivity contribution in [3.8, 4) is 23.0 Å². The van der Waals surface area contributed by atoms with Gasteiger partial charge in [-0.15, -0.1) is 0 Å². The fraction of sp³-hybridized carbons (Fsp3) is 0.483. The highest BCUT2D eigenvalue weighted by Crippen LogP contribution is 2.29. The average molecular weight is 625 g/mol. The van der Waals surface area contributed by atoms with Crippen LogP contribution in [0.2, 0.25) is 0 Å². The molecule has 44 heavy (non-hydrogen) atoms. The number of phenolic OH excluding ortho intramolecular Hbond substituents is 4. The molecule has 15 heteroatoms. The summed E-state index contributed by atoms with van der Waals surface area (Å²) < 4.78 is 27.8. The molecule has 2 saturated heterocycles. The minimum absolute atomic E-state index is 0.0645. The maximum Gasteiger partial charge on any atom is 0.331 e. The molecule has 2 heterocycles. The first-order valence-electron chi connectivity index (χ1n) is 13.7. The molecule has 9 N–H and O–H groups in total. The molecule has 0 amide bonds. The first-order chi connectivity index (χ1) is 20.8. The van der Waals surface area contributed by atoms with Crippen molar-refractivity contribution in [2.24, 2.45) is 0 Å². The van der Waals surface area contributed by atoms with Crippen LogP contribution in [0.3, 0.4) is 0 Å². The summed E-state index contributed by atoms with van der Waals surface area (Å²) in [6.45, 7) is 0.890. The largest absolute Gasteiger partial charge is 0.504 e. The number of aliphatic hydroxyl groups is 5. The van der Waals surface area contributed by atoms with Crippen LogP contribution in [-0.4, -0.2) is 127 Å². The lowest BCUT2D eigenvalue weighted by molar-refractivity contribution is -0.328. The molecule has 0 spiro atoms. The first-order valence-corrected chi connectivity index (χ1v) is 13.7. The molecule has 0 aliphatic carbocycles. The predicted molar refractivity (Wildman–Crippen MR) is 147 cm³/mol. The van der Waals surface area contributed by atoms with Crippen LogP contribution in [0.15, 0.2) is 42.5 Å². The Bertz CT molecular complexity index is 1300. The summed E-state index contributed by atoms with van der Waals surface area (Å²) in [6, 6.07) is 8.00. The number of aromatic hydroxyl groups is 4. The van der Waals surface area contributed by atoms with E-state index in [4.69, 9.17) is 23.7 Å². The van der Waals surface area contributed by atoms with Gasteiger partial charge in [0.1, 0.15) is 36.6 Å². The van der Waals surface area contributed by atoms with E-state index in [9.17, 15) is 50.8 Å². The monoisotopic (exact) mass is 624 g/mol. The van der Waals surface area contributed by atoms with Gasteiger partial charge in [-0.2, -0.15) is 0 Å². The van der Waals surface area contributed by atoms with Crippen LogP contribution in [0, 0.1) is 0 Å². The average Bonchev–Trinajstić information content (AvgIpc) is 2.99. The maximum absolute atomic E-state index is 12.7. The van der Waals surface area contributed by atoms with Crippen LogP contribution in [0.5, 0.6) is 23.0 Å². The molecule has 0 aromatic heterocycles. The van der Waals surface area contributed by atoms with Crippen LogP contribution in [0.1, 0.15) is 18.1 Å². The molecule has 2 aliphatic heterocycles. The Morgan fingerprint density at radius 2 is 1.41 bits per heavy atom. The molecule has 2 aromatic rings. The minimum Gasteiger partial charge on any atom is -0.504 e. The molecule has 242 valence electrons. The number of ether oxygens (including phenoxy) is 5. The second kappa shape index (κ2) is 14.5. The fourth-order valence-corrected chi connectivity index (χ4v) is 4.66. The number of esters is 1. The molecular formula is C29H36O15. The summed E-state index contributed by atoms with van der Waals surface area (Å²) in [6.07, 6.45) is -12.2. The van der Waals surface area contributed by atoms with Gasteiger partial charge in [-0.25, -0.2) is 4.79 Å². The molecule has 2 fully saturated rings. The van der Waals surface area contributed by atoms with Crippen molar-refractivity contribution >= 4 is 12.0 Å². The number of phenols is 4. The number of hydrogen-bond acceptors (Lipinski definition) is 15. The summed E-state index contributed by atoms with van der Waals surface area (Å²) in [5.41, 5.74) is 0.927. The van der Waals surface area contributed by atoms with E-state index in [-0.39, 0.29) is 30.3 Å². The summed E-state index contributed by atoms with van der Waals surface area (Å²) in [5.74, 6) is -2.37. The van der Waals surface area contributed by atoms with Crippen LogP contribution in [0.25, 0.3) is 6.08 Å². The Morgan fingerprint density at radius 1 is 0.773 bits per heavy atom. The van der Waals surface area contributed by atoms with Crippen LogP contribution < -0.4 is 0 Å². The number of hydrogen-bond donors (Lipinski definition) is 9. The highest BCUT2D eigenvalue weighted by molar-refractivity contribution is 5.87. The van der Waals surface area contributed by atoms with Crippen molar-refractivity contribution in [3.63, 3.8) is 0 Å². The summed E-state index contributed by atoms with van der Waals surface area (Å²) in [5, 5.41) is 90.3. The Morgan fingerprint density at radius 3 is 2.09 bits per heavy atom. The first kappa shape index (κ1) is 33.4. The second-order valence-corrected chi connectivity index (χ2v) is 10.5. The molecule has 2 aromatic carbocycles. The Hall–Kier alpha value is -3.51. The van der Waals surface area contributed by atoms with Crippen LogP contribution in [0.4, 0.5) is 0 Å². The lowest BCUT2D eigenvalue weighted by Crippen LogP contribution is -2.62. The van der Waals surface area contributed by atoms with Gasteiger partial charge in [0.15, 0.2) is 41.7 Å². The highest BCUT2D eigenvalue weighted by Gasteiger charge is 2.49. The lowest BCUT2D eigenvalue weighted by Gasteiger charge is -2.43. The third kappa shape index (κ3) is 7.95. The summed E-state index contributed by atoms with van der Waals surface area (Å²) in [4.78, 5) is 12.7. The van der Waals surface area contributed by atoms with Crippen LogP contribution >= 0.6 is 0 Å². The van der Waals surface area contributed by atoms with Crippen molar-refractivity contribution in [2.45, 2.75) is 74.8 Å². The SMILES string of the molecule is C[C@H]1O[C@@H](OC[C@@H]2O[C@@H](OCCc3ccc(O)c(O)c3)[C@H](O)[C@@H](O)[C@@H]2OC(=O)C=Cc2ccc(O)c(O)c2)[C@H](O)[C@H](O)[C@H]1O. The zero-order valence-electron chi connectivity index (χ0n) is 23.5. The smallest absolute Gasteiger partial charge is 0.331 e. The van der Waals surface area contributed by atoms with E-state index in [2.05, 4.69) is 0 Å². The van der Waals surface area contributed by atoms with Gasteiger partial charge in [0, 0.05) is 6.08 Å². The van der Waals surface area contributed by atoms with Crippen LogP contribution in [-0.2, 0) is 34.9 Å². The van der Waals surface area contributed by atoms with Gasteiger partial charge < -0.3 is 69.6 Å². The zero-order valence-corrected chi connectivity index (χ0v) is 23.5. The van der Waals surface area contributed by atoms with E-state index in [0.29, 0.717) is 11.1 Å². The predicted octanol–water partition coefficient (Wildman–Crippen LogP) is -1.02. The Kier molecular flexibility index (Phi) is 11.0. The number of rotatable bonds is 10. The second-order valence-electron chi connectivity index (χ2n) is 10.5. The van der Waals surface area contributed by atoms with Gasteiger partial charge in [0.05, 0.1) is 19.3 Å². The molecule has 0 radical (unpaired) electrons. The van der Waals surface area contributed by atoms with E-state index >= 15 is 0 Å². The fourth-order valence-electron chi connectivity index (χ4n) is 4.66. The Balaban J connectivity index is 1.45. The molecule has 10 atom stereocenters. The normalized spacial score (nSPS) is 32.5. The summed E-state index contributed by atoms with van der Waals surface area (Å²) in [7, 11) is 0. The molecule has 15 nitrogen and oxygen atoms in total. The summed E-state index contributed by atoms with van der Waals surface area (Å²) >= 11 is 0. The zero-order chi connectivity index (χ0) is 32.1. The topological polar surface area (TPSA) is 245 Å². The van der Waals surface area contributed by atoms with E-state index < -0.39 is 79.7 Å². The van der Waals surface area contributed by atoms with E-state index in [1.54, 1.807) is 6.07 Å². The van der Waals surface area contributed by atoms with Gasteiger partial charge in [-0.1, -0.05) is 12.1 Å². The standard InChI is InChI=1S/C29H36O15/c1-13-22(35)23(36)25(38)29(42-13)41-12-20-27(44-21(34)7-4-14-2-5-16(30)18(32)10-14)24(37)26(39)28(43-20)40-9-8-15-3-6-17(31)19(33)11-15/h2-7,10-11,13,20,22-33,35-39H,8-9,12H2,1H3/t13-,20+,22+,23-,24-,25-,26-,27-,28-,29-/m1/s1. The van der Waals surface area contributed by atoms with Crippen molar-refractivity contribution in [3.05, 3.63) is 53.6 Å². The lowest BCUT2D eigenvalue weighted by atomic mass is 9.98. The van der Waals surface area contributed by atoms with E-state index in [1.807, 2.05) is 0 Å². The van der Waals surface area contributed by atoms with Gasteiger partial charge >= 0.3 is 5.97 Å². The van der Waals surface area contributed by atoms with Crippen molar-refractivity contribution < 1.29 is 74.4 Å². The molecule has 0 unspecified atom stereocenters. The van der Waals surface area contributed by atoms with Crippen molar-refractivity contribution in [1.82, 2.24) is 0 Å². The van der Waals surface area contributed by atoms with Gasteiger partial charge in [0.25, 0.3) is 0 Å². The van der Waals surface area contributed by atoms with Gasteiger partial charge in [-0.05, 0) is 54.8 Å². The molecular weight excluding hydrogens is 588 g/mol.